The highest BCUT2D eigenvalue weighted by Gasteiger charge is 2.00. The molecule has 0 atom stereocenters. The van der Waals surface area contributed by atoms with Crippen molar-refractivity contribution in [3.8, 4) is 0 Å². The summed E-state index contributed by atoms with van der Waals surface area (Å²) in [5.41, 5.74) is 0. The summed E-state index contributed by atoms with van der Waals surface area (Å²) in [5, 5.41) is 6.53. The molecule has 5 nitrogen and oxygen atoms in total. The van der Waals surface area contributed by atoms with Crippen molar-refractivity contribution in [1.82, 2.24) is 9.97 Å². The second-order valence-corrected chi connectivity index (χ2v) is 4.20. The molecule has 0 aliphatic rings. The first-order valence-corrected chi connectivity index (χ1v) is 6.58. The second kappa shape index (κ2) is 8.69. The van der Waals surface area contributed by atoms with E-state index >= 15 is 0 Å². The molecule has 0 saturated carbocycles. The minimum absolute atomic E-state index is 0.787. The normalized spacial score (nSPS) is 10.4. The van der Waals surface area contributed by atoms with Crippen LogP contribution in [-0.2, 0) is 4.74 Å². The van der Waals surface area contributed by atoms with Crippen LogP contribution in [0, 0.1) is 6.92 Å². The van der Waals surface area contributed by atoms with E-state index in [0.717, 1.165) is 50.0 Å². The van der Waals surface area contributed by atoms with Gasteiger partial charge < -0.3 is 15.4 Å². The third-order valence-electron chi connectivity index (χ3n) is 2.53. The Balaban J connectivity index is 2.32. The van der Waals surface area contributed by atoms with Crippen molar-refractivity contribution in [2.45, 2.75) is 33.1 Å². The summed E-state index contributed by atoms with van der Waals surface area (Å²) in [4.78, 5) is 8.68. The molecule has 1 heterocycles. The number of rotatable bonds is 9. The Labute approximate surface area is 109 Å². The fraction of sp³-hybridized carbons (Fsp3) is 0.692. The summed E-state index contributed by atoms with van der Waals surface area (Å²) in [7, 11) is 1.74. The number of unbranched alkanes of at least 4 members (excludes halogenated alkanes) is 2. The zero-order valence-corrected chi connectivity index (χ0v) is 11.6. The molecule has 0 radical (unpaired) electrons. The molecule has 1 rings (SSSR count). The van der Waals surface area contributed by atoms with Gasteiger partial charge >= 0.3 is 0 Å². The summed E-state index contributed by atoms with van der Waals surface area (Å²) in [5.74, 6) is 2.56. The molecule has 0 spiro atoms. The van der Waals surface area contributed by atoms with E-state index in [9.17, 15) is 0 Å². The van der Waals surface area contributed by atoms with Crippen LogP contribution in [0.4, 0.5) is 11.6 Å². The third kappa shape index (κ3) is 5.82. The first kappa shape index (κ1) is 14.7. The molecule has 1 aromatic heterocycles. The molecule has 2 N–H and O–H groups in total. The Morgan fingerprint density at radius 1 is 1.11 bits per heavy atom. The second-order valence-electron chi connectivity index (χ2n) is 4.20. The molecule has 0 unspecified atom stereocenters. The van der Waals surface area contributed by atoms with Crippen LogP contribution in [-0.4, -0.2) is 36.8 Å². The van der Waals surface area contributed by atoms with Crippen molar-refractivity contribution < 1.29 is 4.74 Å². The highest BCUT2D eigenvalue weighted by atomic mass is 16.5. The number of hydrogen-bond acceptors (Lipinski definition) is 5. The van der Waals surface area contributed by atoms with Gasteiger partial charge in [0, 0.05) is 32.9 Å². The maximum absolute atomic E-state index is 5.02. The minimum Gasteiger partial charge on any atom is -0.385 e. The molecule has 0 aromatic carbocycles. The molecule has 102 valence electrons. The van der Waals surface area contributed by atoms with Crippen molar-refractivity contribution in [2.24, 2.45) is 0 Å². The fourth-order valence-electron chi connectivity index (χ4n) is 1.69. The fourth-order valence-corrected chi connectivity index (χ4v) is 1.69. The largest absolute Gasteiger partial charge is 0.385 e. The number of ether oxygens (including phenoxy) is 1. The van der Waals surface area contributed by atoms with E-state index in [2.05, 4.69) is 27.5 Å². The first-order chi connectivity index (χ1) is 8.76. The van der Waals surface area contributed by atoms with E-state index in [0.29, 0.717) is 0 Å². The van der Waals surface area contributed by atoms with E-state index in [1.165, 1.54) is 6.42 Å². The van der Waals surface area contributed by atoms with Crippen molar-refractivity contribution >= 4 is 11.6 Å². The number of methoxy groups -OCH3 is 1. The molecule has 18 heavy (non-hydrogen) atoms. The van der Waals surface area contributed by atoms with Crippen molar-refractivity contribution in [3.05, 3.63) is 11.9 Å². The Morgan fingerprint density at radius 2 is 1.83 bits per heavy atom. The maximum Gasteiger partial charge on any atom is 0.131 e. The summed E-state index contributed by atoms with van der Waals surface area (Å²) in [6, 6.07) is 1.95. The van der Waals surface area contributed by atoms with Gasteiger partial charge in [-0.05, 0) is 33.1 Å². The summed E-state index contributed by atoms with van der Waals surface area (Å²) in [6.07, 6.45) is 3.41. The molecule has 0 fully saturated rings. The van der Waals surface area contributed by atoms with Crippen LogP contribution in [0.5, 0.6) is 0 Å². The van der Waals surface area contributed by atoms with Crippen molar-refractivity contribution in [2.75, 3.05) is 37.4 Å². The van der Waals surface area contributed by atoms with E-state index < -0.39 is 0 Å². The van der Waals surface area contributed by atoms with Gasteiger partial charge in [0.1, 0.15) is 17.5 Å². The summed E-state index contributed by atoms with van der Waals surface area (Å²) >= 11 is 0. The number of aromatic nitrogens is 2. The van der Waals surface area contributed by atoms with Gasteiger partial charge in [-0.25, -0.2) is 9.97 Å². The van der Waals surface area contributed by atoms with Crippen LogP contribution in [0.15, 0.2) is 6.07 Å². The maximum atomic E-state index is 5.02. The standard InChI is InChI=1S/C13H24N4O/c1-4-14-12-10-13(17-11(2)16-12)15-8-6-5-7-9-18-3/h10H,4-9H2,1-3H3,(H2,14,15,16,17). The minimum atomic E-state index is 0.787. The highest BCUT2D eigenvalue weighted by Crippen LogP contribution is 2.11. The van der Waals surface area contributed by atoms with Gasteiger partial charge in [0.15, 0.2) is 0 Å². The van der Waals surface area contributed by atoms with Gasteiger partial charge in [0.25, 0.3) is 0 Å². The Hall–Kier alpha value is -1.36. The Kier molecular flexibility index (Phi) is 7.10. The van der Waals surface area contributed by atoms with Crippen LogP contribution in [0.1, 0.15) is 32.0 Å². The SMILES string of the molecule is CCNc1cc(NCCCCCOC)nc(C)n1. The van der Waals surface area contributed by atoms with Gasteiger partial charge in [-0.3, -0.25) is 0 Å². The van der Waals surface area contributed by atoms with E-state index in [-0.39, 0.29) is 0 Å². The van der Waals surface area contributed by atoms with E-state index in [1.807, 2.05) is 13.0 Å². The highest BCUT2D eigenvalue weighted by molar-refractivity contribution is 5.47. The monoisotopic (exact) mass is 252 g/mol. The van der Waals surface area contributed by atoms with Gasteiger partial charge in [0.05, 0.1) is 0 Å². The molecule has 5 heteroatoms. The Bertz CT molecular complexity index is 344. The van der Waals surface area contributed by atoms with Crippen LogP contribution in [0.3, 0.4) is 0 Å². The zero-order chi connectivity index (χ0) is 13.2. The zero-order valence-electron chi connectivity index (χ0n) is 11.6. The number of hydrogen-bond donors (Lipinski definition) is 2. The summed E-state index contributed by atoms with van der Waals surface area (Å²) in [6.45, 7) is 6.61. The molecular formula is C13H24N4O. The number of nitrogens with one attached hydrogen (secondary N) is 2. The average Bonchev–Trinajstić information content (AvgIpc) is 2.33. The van der Waals surface area contributed by atoms with Crippen LogP contribution in [0.2, 0.25) is 0 Å². The third-order valence-corrected chi connectivity index (χ3v) is 2.53. The molecule has 0 saturated heterocycles. The lowest BCUT2D eigenvalue weighted by Crippen LogP contribution is -2.07. The average molecular weight is 252 g/mol. The number of aryl methyl sites for hydroxylation is 1. The lowest BCUT2D eigenvalue weighted by atomic mass is 10.2. The lowest BCUT2D eigenvalue weighted by molar-refractivity contribution is 0.192. The van der Waals surface area contributed by atoms with E-state index in [1.54, 1.807) is 7.11 Å². The van der Waals surface area contributed by atoms with Gasteiger partial charge in [-0.1, -0.05) is 0 Å². The summed E-state index contributed by atoms with van der Waals surface area (Å²) < 4.78 is 5.02. The predicted molar refractivity (Wildman–Crippen MR) is 75.1 cm³/mol. The quantitative estimate of drug-likeness (QED) is 0.661. The van der Waals surface area contributed by atoms with Gasteiger partial charge in [-0.2, -0.15) is 0 Å². The first-order valence-electron chi connectivity index (χ1n) is 6.58. The number of nitrogens with zero attached hydrogens (tertiary/aromatic N) is 2. The van der Waals surface area contributed by atoms with Crippen LogP contribution >= 0.6 is 0 Å². The molecule has 0 aliphatic carbocycles. The molecule has 0 aliphatic heterocycles. The van der Waals surface area contributed by atoms with Crippen LogP contribution < -0.4 is 10.6 Å². The molecule has 0 bridgehead atoms. The Morgan fingerprint density at radius 3 is 2.50 bits per heavy atom. The number of anilines is 2. The van der Waals surface area contributed by atoms with Gasteiger partial charge in [0.2, 0.25) is 0 Å². The molecule has 1 aromatic rings. The van der Waals surface area contributed by atoms with Gasteiger partial charge in [-0.15, -0.1) is 0 Å². The van der Waals surface area contributed by atoms with Crippen LogP contribution in [0.25, 0.3) is 0 Å². The predicted octanol–water partition coefficient (Wildman–Crippen LogP) is 2.45. The van der Waals surface area contributed by atoms with E-state index in [4.69, 9.17) is 4.74 Å². The van der Waals surface area contributed by atoms with Crippen molar-refractivity contribution in [3.63, 3.8) is 0 Å². The smallest absolute Gasteiger partial charge is 0.131 e. The molecular weight excluding hydrogens is 228 g/mol. The lowest BCUT2D eigenvalue weighted by Gasteiger charge is -2.09. The van der Waals surface area contributed by atoms with Crippen molar-refractivity contribution in [1.29, 1.82) is 0 Å². The molecule has 0 amide bonds. The topological polar surface area (TPSA) is 59.1 Å².